The van der Waals surface area contributed by atoms with E-state index in [0.717, 1.165) is 21.3 Å². The largest absolute Gasteiger partial charge is 0.490 e. The Hall–Kier alpha value is -2.24. The zero-order valence-electron chi connectivity index (χ0n) is 16.3. The minimum absolute atomic E-state index is 0.0890. The summed E-state index contributed by atoms with van der Waals surface area (Å²) < 4.78 is 26.0. The van der Waals surface area contributed by atoms with Crippen LogP contribution in [0.4, 0.5) is 10.1 Å². The summed E-state index contributed by atoms with van der Waals surface area (Å²) in [4.78, 5) is 0. The Kier molecular flexibility index (Phi) is 7.40. The third-order valence-electron chi connectivity index (χ3n) is 4.25. The molecule has 0 aliphatic heterocycles. The van der Waals surface area contributed by atoms with E-state index in [4.69, 9.17) is 21.1 Å². The Balaban J connectivity index is 1.75. The van der Waals surface area contributed by atoms with Gasteiger partial charge in [-0.2, -0.15) is 0 Å². The van der Waals surface area contributed by atoms with Crippen molar-refractivity contribution in [1.29, 1.82) is 0 Å². The molecular weight excluding hydrogens is 457 g/mol. The Morgan fingerprint density at radius 2 is 1.86 bits per heavy atom. The Morgan fingerprint density at radius 1 is 1.03 bits per heavy atom. The Labute approximate surface area is 183 Å². The van der Waals surface area contributed by atoms with Crippen molar-refractivity contribution in [2.45, 2.75) is 27.0 Å². The van der Waals surface area contributed by atoms with Crippen molar-refractivity contribution < 1.29 is 13.9 Å². The number of rotatable bonds is 8. The van der Waals surface area contributed by atoms with Gasteiger partial charge in [0.15, 0.2) is 11.5 Å². The van der Waals surface area contributed by atoms with E-state index in [-0.39, 0.29) is 5.02 Å². The van der Waals surface area contributed by atoms with E-state index >= 15 is 0 Å². The van der Waals surface area contributed by atoms with E-state index in [9.17, 15) is 4.39 Å². The standard InChI is InChI=1S/C23H22BrClFNO2/c1-3-28-22-11-17(13-27-18-7-8-21(26)20(25)12-18)10-19(24)23(22)29-14-16-6-4-5-15(2)9-16/h4-12,27H,3,13-14H2,1-2H3. The summed E-state index contributed by atoms with van der Waals surface area (Å²) in [6.07, 6.45) is 0. The van der Waals surface area contributed by atoms with Crippen LogP contribution in [-0.4, -0.2) is 6.61 Å². The molecule has 0 heterocycles. The fraction of sp³-hybridized carbons (Fsp3) is 0.217. The summed E-state index contributed by atoms with van der Waals surface area (Å²) >= 11 is 9.44. The van der Waals surface area contributed by atoms with Gasteiger partial charge in [-0.25, -0.2) is 4.39 Å². The summed E-state index contributed by atoms with van der Waals surface area (Å²) in [5, 5.41) is 3.33. The van der Waals surface area contributed by atoms with Gasteiger partial charge in [0.05, 0.1) is 16.1 Å². The number of benzene rings is 3. The summed E-state index contributed by atoms with van der Waals surface area (Å²) in [6, 6.07) is 16.7. The molecule has 29 heavy (non-hydrogen) atoms. The van der Waals surface area contributed by atoms with Crippen molar-refractivity contribution in [3.8, 4) is 11.5 Å². The molecule has 3 rings (SSSR count). The number of nitrogens with one attached hydrogen (secondary N) is 1. The van der Waals surface area contributed by atoms with E-state index < -0.39 is 5.82 Å². The van der Waals surface area contributed by atoms with Crippen molar-refractivity contribution in [2.24, 2.45) is 0 Å². The zero-order valence-corrected chi connectivity index (χ0v) is 18.6. The SMILES string of the molecule is CCOc1cc(CNc2ccc(F)c(Cl)c2)cc(Br)c1OCc1cccc(C)c1. The minimum Gasteiger partial charge on any atom is -0.490 e. The third-order valence-corrected chi connectivity index (χ3v) is 5.13. The molecule has 0 fully saturated rings. The lowest BCUT2D eigenvalue weighted by molar-refractivity contribution is 0.267. The van der Waals surface area contributed by atoms with Gasteiger partial charge in [0, 0.05) is 12.2 Å². The van der Waals surface area contributed by atoms with Gasteiger partial charge in [-0.05, 0) is 71.2 Å². The van der Waals surface area contributed by atoms with E-state index in [1.807, 2.05) is 31.2 Å². The predicted octanol–water partition coefficient (Wildman–Crippen LogP) is 7.14. The van der Waals surface area contributed by atoms with E-state index in [1.54, 1.807) is 12.1 Å². The zero-order chi connectivity index (χ0) is 20.8. The van der Waals surface area contributed by atoms with Gasteiger partial charge in [0.25, 0.3) is 0 Å². The van der Waals surface area contributed by atoms with Gasteiger partial charge in [-0.1, -0.05) is 41.4 Å². The monoisotopic (exact) mass is 477 g/mol. The second-order valence-electron chi connectivity index (χ2n) is 6.60. The predicted molar refractivity (Wildman–Crippen MR) is 120 cm³/mol. The van der Waals surface area contributed by atoms with Crippen LogP contribution in [0.25, 0.3) is 0 Å². The van der Waals surface area contributed by atoms with Crippen LogP contribution in [0.3, 0.4) is 0 Å². The van der Waals surface area contributed by atoms with Gasteiger partial charge in [0.1, 0.15) is 12.4 Å². The van der Waals surface area contributed by atoms with E-state index in [2.05, 4.69) is 40.3 Å². The molecule has 0 aliphatic carbocycles. The van der Waals surface area contributed by atoms with Crippen LogP contribution in [0.1, 0.15) is 23.6 Å². The molecule has 0 unspecified atom stereocenters. The van der Waals surface area contributed by atoms with Crippen molar-refractivity contribution in [2.75, 3.05) is 11.9 Å². The van der Waals surface area contributed by atoms with Crippen LogP contribution in [0.2, 0.25) is 5.02 Å². The lowest BCUT2D eigenvalue weighted by atomic mass is 10.1. The lowest BCUT2D eigenvalue weighted by Crippen LogP contribution is -2.04. The van der Waals surface area contributed by atoms with Gasteiger partial charge < -0.3 is 14.8 Å². The molecule has 0 aliphatic rings. The molecule has 6 heteroatoms. The Bertz CT molecular complexity index is 997. The van der Waals surface area contributed by atoms with Crippen LogP contribution in [-0.2, 0) is 13.2 Å². The molecular formula is C23H22BrClFNO2. The van der Waals surface area contributed by atoms with Crippen molar-refractivity contribution in [3.05, 3.63) is 86.6 Å². The highest BCUT2D eigenvalue weighted by atomic mass is 79.9. The molecule has 0 aromatic heterocycles. The van der Waals surface area contributed by atoms with Crippen LogP contribution in [0.5, 0.6) is 11.5 Å². The molecule has 0 atom stereocenters. The van der Waals surface area contributed by atoms with Gasteiger partial charge >= 0.3 is 0 Å². The van der Waals surface area contributed by atoms with E-state index in [0.29, 0.717) is 31.3 Å². The molecule has 0 bridgehead atoms. The molecule has 0 saturated carbocycles. The molecule has 0 spiro atoms. The van der Waals surface area contributed by atoms with Crippen LogP contribution >= 0.6 is 27.5 Å². The minimum atomic E-state index is -0.436. The first kappa shape index (κ1) is 21.5. The average Bonchev–Trinajstić information content (AvgIpc) is 2.68. The third kappa shape index (κ3) is 5.87. The highest BCUT2D eigenvalue weighted by molar-refractivity contribution is 9.10. The van der Waals surface area contributed by atoms with E-state index in [1.165, 1.54) is 11.6 Å². The highest BCUT2D eigenvalue weighted by Gasteiger charge is 2.13. The summed E-state index contributed by atoms with van der Waals surface area (Å²) in [7, 11) is 0. The topological polar surface area (TPSA) is 30.5 Å². The molecule has 1 N–H and O–H groups in total. The van der Waals surface area contributed by atoms with Gasteiger partial charge in [0.2, 0.25) is 0 Å². The first-order chi connectivity index (χ1) is 14.0. The molecule has 0 amide bonds. The number of hydrogen-bond acceptors (Lipinski definition) is 3. The fourth-order valence-electron chi connectivity index (χ4n) is 2.89. The smallest absolute Gasteiger partial charge is 0.175 e. The van der Waals surface area contributed by atoms with Crippen LogP contribution in [0, 0.1) is 12.7 Å². The lowest BCUT2D eigenvalue weighted by Gasteiger charge is -2.16. The average molecular weight is 479 g/mol. The molecule has 0 radical (unpaired) electrons. The summed E-state index contributed by atoms with van der Waals surface area (Å²) in [6.45, 7) is 5.49. The number of anilines is 1. The Morgan fingerprint density at radius 3 is 2.59 bits per heavy atom. The van der Waals surface area contributed by atoms with Crippen LogP contribution in [0.15, 0.2) is 59.1 Å². The van der Waals surface area contributed by atoms with Crippen molar-refractivity contribution in [1.82, 2.24) is 0 Å². The molecule has 152 valence electrons. The van der Waals surface area contributed by atoms with Crippen molar-refractivity contribution in [3.63, 3.8) is 0 Å². The van der Waals surface area contributed by atoms with Gasteiger partial charge in [-0.15, -0.1) is 0 Å². The normalized spacial score (nSPS) is 10.7. The molecule has 3 nitrogen and oxygen atoms in total. The molecule has 0 saturated heterocycles. The second-order valence-corrected chi connectivity index (χ2v) is 7.86. The number of aryl methyl sites for hydroxylation is 1. The van der Waals surface area contributed by atoms with Gasteiger partial charge in [-0.3, -0.25) is 0 Å². The maximum atomic E-state index is 13.3. The summed E-state index contributed by atoms with van der Waals surface area (Å²) in [5.41, 5.74) is 4.02. The number of ether oxygens (including phenoxy) is 2. The number of hydrogen-bond donors (Lipinski definition) is 1. The van der Waals surface area contributed by atoms with Crippen LogP contribution < -0.4 is 14.8 Å². The second kappa shape index (κ2) is 9.99. The number of halogens is 3. The first-order valence-electron chi connectivity index (χ1n) is 9.28. The summed E-state index contributed by atoms with van der Waals surface area (Å²) in [5.74, 6) is 0.902. The highest BCUT2D eigenvalue weighted by Crippen LogP contribution is 2.37. The quantitative estimate of drug-likeness (QED) is 0.373. The maximum Gasteiger partial charge on any atom is 0.175 e. The first-order valence-corrected chi connectivity index (χ1v) is 10.5. The molecule has 3 aromatic carbocycles. The fourth-order valence-corrected chi connectivity index (χ4v) is 3.68. The maximum absolute atomic E-state index is 13.3. The molecule has 3 aromatic rings. The van der Waals surface area contributed by atoms with Crippen molar-refractivity contribution >= 4 is 33.2 Å².